The fourth-order valence-electron chi connectivity index (χ4n) is 4.66. The van der Waals surface area contributed by atoms with Crippen molar-refractivity contribution in [2.45, 2.75) is 20.3 Å². The Morgan fingerprint density at radius 1 is 1.03 bits per heavy atom. The Hall–Kier alpha value is -2.77. The lowest BCUT2D eigenvalue weighted by Crippen LogP contribution is -2.51. The van der Waals surface area contributed by atoms with Gasteiger partial charge in [-0.15, -0.1) is 0 Å². The molecule has 0 unspecified atom stereocenters. The van der Waals surface area contributed by atoms with E-state index in [1.54, 1.807) is 6.07 Å². The fourth-order valence-corrected chi connectivity index (χ4v) is 4.84. The van der Waals surface area contributed by atoms with Crippen molar-refractivity contribution >= 4 is 34.8 Å². The maximum absolute atomic E-state index is 12.9. The van der Waals surface area contributed by atoms with Crippen molar-refractivity contribution in [3.05, 3.63) is 52.5 Å². The second-order valence-electron chi connectivity index (χ2n) is 9.09. The predicted molar refractivity (Wildman–Crippen MR) is 131 cm³/mol. The summed E-state index contributed by atoms with van der Waals surface area (Å²) in [5.41, 5.74) is 4.29. The smallest absolute Gasteiger partial charge is 0.236 e. The van der Waals surface area contributed by atoms with Crippen LogP contribution in [0, 0.1) is 19.8 Å². The number of phenols is 1. The summed E-state index contributed by atoms with van der Waals surface area (Å²) in [5.74, 6) is -0.156. The van der Waals surface area contributed by atoms with E-state index in [1.165, 1.54) is 28.9 Å². The third-order valence-corrected chi connectivity index (χ3v) is 6.72. The number of likely N-dealkylation sites (tertiary alicyclic amines) is 1. The largest absolute Gasteiger partial charge is 0.506 e. The van der Waals surface area contributed by atoms with Crippen molar-refractivity contribution in [1.29, 1.82) is 0 Å². The van der Waals surface area contributed by atoms with Gasteiger partial charge in [-0.2, -0.15) is 0 Å². The topological polar surface area (TPSA) is 76.1 Å². The Kier molecular flexibility index (Phi) is 7.10. The molecule has 2 aromatic rings. The lowest BCUT2D eigenvalue weighted by molar-refractivity contribution is -0.132. The molecule has 0 aliphatic carbocycles. The number of nitrogens with zero attached hydrogens (tertiary/aromatic N) is 3. The zero-order chi connectivity index (χ0) is 23.5. The molecule has 2 aromatic carbocycles. The maximum atomic E-state index is 12.9. The van der Waals surface area contributed by atoms with Crippen LogP contribution in [0.15, 0.2) is 36.4 Å². The summed E-state index contributed by atoms with van der Waals surface area (Å²) >= 11 is 5.91. The summed E-state index contributed by atoms with van der Waals surface area (Å²) in [4.78, 5) is 31.8. The number of anilines is 2. The number of amides is 2. The Balaban J connectivity index is 1.24. The summed E-state index contributed by atoms with van der Waals surface area (Å²) in [6.07, 6.45) is 0.714. The number of hydrogen-bond acceptors (Lipinski definition) is 5. The average molecular weight is 471 g/mol. The molecule has 8 heteroatoms. The van der Waals surface area contributed by atoms with Gasteiger partial charge >= 0.3 is 0 Å². The number of nitrogens with one attached hydrogen (secondary N) is 1. The van der Waals surface area contributed by atoms with Crippen LogP contribution in [0.5, 0.6) is 5.75 Å². The number of carbonyl (C=O) groups excluding carboxylic acids is 2. The van der Waals surface area contributed by atoms with Crippen LogP contribution >= 0.6 is 11.6 Å². The number of hydrogen-bond donors (Lipinski definition) is 2. The van der Waals surface area contributed by atoms with E-state index in [0.717, 1.165) is 19.6 Å². The highest BCUT2D eigenvalue weighted by atomic mass is 35.5. The van der Waals surface area contributed by atoms with Gasteiger partial charge < -0.3 is 20.2 Å². The van der Waals surface area contributed by atoms with Gasteiger partial charge in [0.15, 0.2) is 0 Å². The monoisotopic (exact) mass is 470 g/mol. The van der Waals surface area contributed by atoms with Crippen molar-refractivity contribution in [3.8, 4) is 5.75 Å². The first-order valence-electron chi connectivity index (χ1n) is 11.4. The minimum absolute atomic E-state index is 0.0185. The SMILES string of the molecule is Cc1cc(C)cc(N2CCN(C(=O)CN3CC[C@@H](C(=O)Nc4ccc(O)c(Cl)c4)C3)CC2)c1. The van der Waals surface area contributed by atoms with E-state index in [9.17, 15) is 14.7 Å². The molecule has 7 nitrogen and oxygen atoms in total. The number of phenolic OH excluding ortho intramolecular Hbond substituents is 1. The van der Waals surface area contributed by atoms with Crippen molar-refractivity contribution in [3.63, 3.8) is 0 Å². The molecule has 4 rings (SSSR count). The standard InChI is InChI=1S/C25H31ClN4O3/c1-17-11-18(2)13-21(12-17)29-7-9-30(10-8-29)24(32)16-28-6-5-19(15-28)25(33)27-20-3-4-23(31)22(26)14-20/h3-4,11-14,19,31H,5-10,15-16H2,1-2H3,(H,27,33)/t19-/m1/s1. The first-order chi connectivity index (χ1) is 15.8. The van der Waals surface area contributed by atoms with E-state index >= 15 is 0 Å². The van der Waals surface area contributed by atoms with E-state index in [-0.39, 0.29) is 28.5 Å². The highest BCUT2D eigenvalue weighted by Crippen LogP contribution is 2.27. The number of aryl methyl sites for hydroxylation is 2. The van der Waals surface area contributed by atoms with E-state index in [0.29, 0.717) is 38.3 Å². The van der Waals surface area contributed by atoms with E-state index in [2.05, 4.69) is 47.2 Å². The van der Waals surface area contributed by atoms with Crippen molar-refractivity contribution in [2.75, 3.05) is 56.0 Å². The second kappa shape index (κ2) is 10.0. The molecule has 33 heavy (non-hydrogen) atoms. The number of halogens is 1. The molecular formula is C25H31ClN4O3. The first-order valence-corrected chi connectivity index (χ1v) is 11.8. The second-order valence-corrected chi connectivity index (χ2v) is 9.50. The number of benzene rings is 2. The molecule has 176 valence electrons. The van der Waals surface area contributed by atoms with Gasteiger partial charge in [-0.05, 0) is 68.3 Å². The quantitative estimate of drug-likeness (QED) is 0.656. The molecule has 0 radical (unpaired) electrons. The van der Waals surface area contributed by atoms with Crippen molar-refractivity contribution in [1.82, 2.24) is 9.80 Å². The van der Waals surface area contributed by atoms with Gasteiger partial charge in [0.2, 0.25) is 11.8 Å². The summed E-state index contributed by atoms with van der Waals surface area (Å²) < 4.78 is 0. The Bertz CT molecular complexity index is 1020. The van der Waals surface area contributed by atoms with E-state index in [4.69, 9.17) is 11.6 Å². The van der Waals surface area contributed by atoms with Gasteiger partial charge in [0.05, 0.1) is 17.5 Å². The molecule has 2 aliphatic heterocycles. The first kappa shape index (κ1) is 23.4. The molecule has 2 N–H and O–H groups in total. The Morgan fingerprint density at radius 3 is 2.39 bits per heavy atom. The Morgan fingerprint density at radius 2 is 1.73 bits per heavy atom. The molecule has 0 spiro atoms. The van der Waals surface area contributed by atoms with Crippen LogP contribution in [0.1, 0.15) is 17.5 Å². The van der Waals surface area contributed by atoms with Gasteiger partial charge in [-0.3, -0.25) is 14.5 Å². The zero-order valence-corrected chi connectivity index (χ0v) is 19.9. The highest BCUT2D eigenvalue weighted by molar-refractivity contribution is 6.32. The third kappa shape index (κ3) is 5.78. The lowest BCUT2D eigenvalue weighted by Gasteiger charge is -2.37. The van der Waals surface area contributed by atoms with Crippen LogP contribution in [-0.2, 0) is 9.59 Å². The molecule has 0 saturated carbocycles. The third-order valence-electron chi connectivity index (χ3n) is 6.42. The minimum Gasteiger partial charge on any atom is -0.506 e. The molecule has 0 aromatic heterocycles. The van der Waals surface area contributed by atoms with Crippen LogP contribution < -0.4 is 10.2 Å². The fraction of sp³-hybridized carbons (Fsp3) is 0.440. The van der Waals surface area contributed by atoms with E-state index in [1.807, 2.05) is 4.90 Å². The number of piperazine rings is 1. The minimum atomic E-state index is -0.174. The summed E-state index contributed by atoms with van der Waals surface area (Å²) in [6.45, 7) is 8.94. The van der Waals surface area contributed by atoms with Gasteiger partial charge in [0.25, 0.3) is 0 Å². The normalized spacial score (nSPS) is 19.1. The van der Waals surface area contributed by atoms with Crippen molar-refractivity contribution in [2.24, 2.45) is 5.92 Å². The van der Waals surface area contributed by atoms with Crippen LogP contribution in [0.4, 0.5) is 11.4 Å². The Labute approximate surface area is 199 Å². The van der Waals surface area contributed by atoms with Crippen LogP contribution in [0.3, 0.4) is 0 Å². The number of carbonyl (C=O) groups is 2. The van der Waals surface area contributed by atoms with Crippen LogP contribution in [0.2, 0.25) is 5.02 Å². The molecule has 2 amide bonds. The summed E-state index contributed by atoms with van der Waals surface area (Å²) in [7, 11) is 0. The zero-order valence-electron chi connectivity index (χ0n) is 19.2. The highest BCUT2D eigenvalue weighted by Gasteiger charge is 2.31. The molecule has 2 fully saturated rings. The summed E-state index contributed by atoms with van der Waals surface area (Å²) in [6, 6.07) is 11.2. The molecule has 2 saturated heterocycles. The number of aromatic hydroxyl groups is 1. The van der Waals surface area contributed by atoms with Crippen LogP contribution in [0.25, 0.3) is 0 Å². The molecule has 2 aliphatic rings. The van der Waals surface area contributed by atoms with Gasteiger partial charge in [0.1, 0.15) is 5.75 Å². The van der Waals surface area contributed by atoms with Crippen LogP contribution in [-0.4, -0.2) is 72.5 Å². The van der Waals surface area contributed by atoms with Gasteiger partial charge in [-0.1, -0.05) is 17.7 Å². The maximum Gasteiger partial charge on any atom is 0.236 e. The van der Waals surface area contributed by atoms with Gasteiger partial charge in [0, 0.05) is 44.1 Å². The predicted octanol–water partition coefficient (Wildman–Crippen LogP) is 3.27. The molecule has 1 atom stereocenters. The van der Waals surface area contributed by atoms with E-state index < -0.39 is 0 Å². The van der Waals surface area contributed by atoms with Crippen molar-refractivity contribution < 1.29 is 14.7 Å². The lowest BCUT2D eigenvalue weighted by atomic mass is 10.1. The molecular weight excluding hydrogens is 440 g/mol. The van der Waals surface area contributed by atoms with Gasteiger partial charge in [-0.25, -0.2) is 0 Å². The molecule has 2 heterocycles. The number of rotatable bonds is 5. The average Bonchev–Trinajstić information content (AvgIpc) is 3.24. The summed E-state index contributed by atoms with van der Waals surface area (Å²) in [5, 5.41) is 12.6. The molecule has 0 bridgehead atoms.